The number of hydrogen-bond donors (Lipinski definition) is 1. The van der Waals surface area contributed by atoms with Crippen molar-refractivity contribution in [3.63, 3.8) is 0 Å². The Morgan fingerprint density at radius 2 is 2.41 bits per heavy atom. The molecule has 0 fully saturated rings. The van der Waals surface area contributed by atoms with Crippen molar-refractivity contribution in [1.29, 1.82) is 0 Å². The van der Waals surface area contributed by atoms with Gasteiger partial charge in [-0.15, -0.1) is 0 Å². The Morgan fingerprint density at radius 3 is 3.06 bits per heavy atom. The van der Waals surface area contributed by atoms with Crippen LogP contribution in [0.3, 0.4) is 0 Å². The Balaban J connectivity index is 2.20. The summed E-state index contributed by atoms with van der Waals surface area (Å²) in [6, 6.07) is 4.15. The van der Waals surface area contributed by atoms with Gasteiger partial charge in [0.05, 0.1) is 6.26 Å². The van der Waals surface area contributed by atoms with Crippen LogP contribution in [0.15, 0.2) is 22.8 Å². The molecular formula is C12H17N3OS. The van der Waals surface area contributed by atoms with Crippen molar-refractivity contribution in [2.75, 3.05) is 0 Å². The second-order valence-corrected chi connectivity index (χ2v) is 4.58. The largest absolute Gasteiger partial charge is 0.469 e. The molecule has 2 aromatic heterocycles. The number of aromatic nitrogens is 3. The maximum Gasteiger partial charge on any atom is 0.195 e. The van der Waals surface area contributed by atoms with E-state index < -0.39 is 0 Å². The second-order valence-electron chi connectivity index (χ2n) is 4.20. The molecule has 0 spiro atoms. The van der Waals surface area contributed by atoms with Crippen molar-refractivity contribution < 1.29 is 4.42 Å². The van der Waals surface area contributed by atoms with E-state index in [0.29, 0.717) is 4.77 Å². The minimum Gasteiger partial charge on any atom is -0.469 e. The molecule has 1 N–H and O–H groups in total. The van der Waals surface area contributed by atoms with Crippen molar-refractivity contribution >= 4 is 12.2 Å². The topological polar surface area (TPSA) is 46.8 Å². The first-order valence-corrected chi connectivity index (χ1v) is 6.31. The van der Waals surface area contributed by atoms with Crippen molar-refractivity contribution in [3.05, 3.63) is 34.8 Å². The number of hydrogen-bond acceptors (Lipinski definition) is 3. The summed E-state index contributed by atoms with van der Waals surface area (Å²) >= 11 is 5.27. The number of H-pyrrole nitrogens is 1. The van der Waals surface area contributed by atoms with Gasteiger partial charge in [0.2, 0.25) is 0 Å². The van der Waals surface area contributed by atoms with Gasteiger partial charge in [-0.1, -0.05) is 6.92 Å². The van der Waals surface area contributed by atoms with Crippen LogP contribution < -0.4 is 0 Å². The van der Waals surface area contributed by atoms with Gasteiger partial charge >= 0.3 is 0 Å². The van der Waals surface area contributed by atoms with Gasteiger partial charge in [0.25, 0.3) is 0 Å². The van der Waals surface area contributed by atoms with Crippen molar-refractivity contribution in [3.8, 4) is 0 Å². The molecule has 0 radical (unpaired) electrons. The predicted molar refractivity (Wildman–Crippen MR) is 68.5 cm³/mol. The van der Waals surface area contributed by atoms with Crippen LogP contribution in [0.2, 0.25) is 0 Å². The minimum atomic E-state index is 0.258. The molecule has 1 unspecified atom stereocenters. The predicted octanol–water partition coefficient (Wildman–Crippen LogP) is 3.29. The van der Waals surface area contributed by atoms with Gasteiger partial charge in [0.15, 0.2) is 4.77 Å². The van der Waals surface area contributed by atoms with Crippen LogP contribution in [0, 0.1) is 4.77 Å². The van der Waals surface area contributed by atoms with Crippen molar-refractivity contribution in [1.82, 2.24) is 14.8 Å². The van der Waals surface area contributed by atoms with Crippen LogP contribution >= 0.6 is 12.2 Å². The van der Waals surface area contributed by atoms with Crippen LogP contribution in [-0.4, -0.2) is 14.8 Å². The summed E-state index contributed by atoms with van der Waals surface area (Å²) in [6.45, 7) is 4.27. The molecule has 1 atom stereocenters. The van der Waals surface area contributed by atoms with E-state index >= 15 is 0 Å². The molecule has 17 heavy (non-hydrogen) atoms. The highest BCUT2D eigenvalue weighted by Crippen LogP contribution is 2.17. The lowest BCUT2D eigenvalue weighted by Crippen LogP contribution is -2.12. The summed E-state index contributed by atoms with van der Waals surface area (Å²) in [7, 11) is 0. The van der Waals surface area contributed by atoms with Gasteiger partial charge in [-0.2, -0.15) is 5.10 Å². The molecular weight excluding hydrogens is 234 g/mol. The molecule has 0 amide bonds. The van der Waals surface area contributed by atoms with Crippen LogP contribution in [-0.2, 0) is 12.8 Å². The van der Waals surface area contributed by atoms with E-state index in [2.05, 4.69) is 28.6 Å². The Bertz CT molecular complexity index is 512. The molecule has 2 heterocycles. The highest BCUT2D eigenvalue weighted by molar-refractivity contribution is 7.71. The number of rotatable bonds is 5. The van der Waals surface area contributed by atoms with E-state index in [4.69, 9.17) is 16.6 Å². The highest BCUT2D eigenvalue weighted by Gasteiger charge is 2.13. The summed E-state index contributed by atoms with van der Waals surface area (Å²) in [6.07, 6.45) is 4.53. The van der Waals surface area contributed by atoms with E-state index in [0.717, 1.165) is 30.8 Å². The SMILES string of the molecule is CCCc1n[nH]c(=S)n1C(C)Cc1ccco1. The van der Waals surface area contributed by atoms with Gasteiger partial charge < -0.3 is 8.98 Å². The Hall–Kier alpha value is -1.36. The fourth-order valence-corrected chi connectivity index (χ4v) is 2.33. The smallest absolute Gasteiger partial charge is 0.195 e. The summed E-state index contributed by atoms with van der Waals surface area (Å²) < 4.78 is 8.14. The summed E-state index contributed by atoms with van der Waals surface area (Å²) in [5.41, 5.74) is 0. The average Bonchev–Trinajstić information content (AvgIpc) is 2.89. The molecule has 0 saturated carbocycles. The molecule has 0 aromatic carbocycles. The van der Waals surface area contributed by atoms with Gasteiger partial charge in [-0.25, -0.2) is 0 Å². The first-order valence-electron chi connectivity index (χ1n) is 5.90. The zero-order chi connectivity index (χ0) is 12.3. The highest BCUT2D eigenvalue weighted by atomic mass is 32.1. The van der Waals surface area contributed by atoms with Crippen LogP contribution in [0.25, 0.3) is 0 Å². The average molecular weight is 251 g/mol. The molecule has 2 rings (SSSR count). The third-order valence-electron chi connectivity index (χ3n) is 2.77. The van der Waals surface area contributed by atoms with Crippen molar-refractivity contribution in [2.24, 2.45) is 0 Å². The van der Waals surface area contributed by atoms with E-state index in [-0.39, 0.29) is 6.04 Å². The fourth-order valence-electron chi connectivity index (χ4n) is 2.00. The van der Waals surface area contributed by atoms with E-state index in [1.807, 2.05) is 12.1 Å². The molecule has 0 saturated heterocycles. The normalized spacial score (nSPS) is 12.8. The fraction of sp³-hybridized carbons (Fsp3) is 0.500. The zero-order valence-corrected chi connectivity index (χ0v) is 11.0. The monoisotopic (exact) mass is 251 g/mol. The number of aryl methyl sites for hydroxylation is 1. The van der Waals surface area contributed by atoms with E-state index in [9.17, 15) is 0 Å². The van der Waals surface area contributed by atoms with Gasteiger partial charge in [0, 0.05) is 18.9 Å². The molecule has 0 bridgehead atoms. The Kier molecular flexibility index (Phi) is 3.78. The second kappa shape index (κ2) is 5.31. The molecule has 2 aromatic rings. The summed E-state index contributed by atoms with van der Waals surface area (Å²) in [5.74, 6) is 2.00. The van der Waals surface area contributed by atoms with Gasteiger partial charge in [-0.3, -0.25) is 5.10 Å². The lowest BCUT2D eigenvalue weighted by molar-refractivity contribution is 0.438. The van der Waals surface area contributed by atoms with Gasteiger partial charge in [-0.05, 0) is 37.7 Å². The maximum atomic E-state index is 5.36. The first-order chi connectivity index (χ1) is 8.22. The third kappa shape index (κ3) is 2.66. The number of nitrogens with zero attached hydrogens (tertiary/aromatic N) is 2. The lowest BCUT2D eigenvalue weighted by Gasteiger charge is -2.14. The molecule has 0 aliphatic heterocycles. The summed E-state index contributed by atoms with van der Waals surface area (Å²) in [5, 5.41) is 7.14. The standard InChI is InChI=1S/C12H17N3OS/c1-3-5-11-13-14-12(17)15(11)9(2)8-10-6-4-7-16-10/h4,6-7,9H,3,5,8H2,1-2H3,(H,14,17). The van der Waals surface area contributed by atoms with E-state index in [1.165, 1.54) is 0 Å². The number of nitrogens with one attached hydrogen (secondary N) is 1. The summed E-state index contributed by atoms with van der Waals surface area (Å²) in [4.78, 5) is 0. The number of aromatic amines is 1. The Labute approximate surface area is 106 Å². The molecule has 5 heteroatoms. The lowest BCUT2D eigenvalue weighted by atomic mass is 10.2. The number of furan rings is 1. The van der Waals surface area contributed by atoms with Gasteiger partial charge in [0.1, 0.15) is 11.6 Å². The Morgan fingerprint density at radius 1 is 1.59 bits per heavy atom. The minimum absolute atomic E-state index is 0.258. The quantitative estimate of drug-likeness (QED) is 0.829. The van der Waals surface area contributed by atoms with Crippen LogP contribution in [0.4, 0.5) is 0 Å². The first kappa shape index (κ1) is 12.1. The maximum absolute atomic E-state index is 5.36. The van der Waals surface area contributed by atoms with Crippen LogP contribution in [0.5, 0.6) is 0 Å². The van der Waals surface area contributed by atoms with Crippen LogP contribution in [0.1, 0.15) is 37.9 Å². The molecule has 92 valence electrons. The zero-order valence-electron chi connectivity index (χ0n) is 10.1. The molecule has 0 aliphatic rings. The molecule has 4 nitrogen and oxygen atoms in total. The van der Waals surface area contributed by atoms with E-state index in [1.54, 1.807) is 6.26 Å². The molecule has 0 aliphatic carbocycles. The third-order valence-corrected chi connectivity index (χ3v) is 3.06. The van der Waals surface area contributed by atoms with Crippen molar-refractivity contribution in [2.45, 2.75) is 39.2 Å².